The first-order valence-corrected chi connectivity index (χ1v) is 14.2. The Morgan fingerprint density at radius 2 is 1.60 bits per heavy atom. The summed E-state index contributed by atoms with van der Waals surface area (Å²) in [7, 11) is 0. The highest BCUT2D eigenvalue weighted by Crippen LogP contribution is 2.45. The van der Waals surface area contributed by atoms with Crippen molar-refractivity contribution in [3.05, 3.63) is 136 Å². The van der Waals surface area contributed by atoms with Crippen molar-refractivity contribution < 1.29 is 14.4 Å². The van der Waals surface area contributed by atoms with Gasteiger partial charge in [-0.25, -0.2) is 9.69 Å². The Morgan fingerprint density at radius 3 is 2.36 bits per heavy atom. The molecular weight excluding hydrogens is 524 g/mol. The molecule has 1 saturated heterocycles. The SMILES string of the molecule is Cc1ccc(CNC(=O)c2ccc(N3C(=O)C4Cc5c([nH]c6ccccc56)C(c5ccccc5C)N4C3=O)cc2)cc1. The van der Waals surface area contributed by atoms with Gasteiger partial charge >= 0.3 is 6.03 Å². The highest BCUT2D eigenvalue weighted by atomic mass is 16.2. The molecule has 2 aliphatic heterocycles. The Bertz CT molecular complexity index is 1860. The quantitative estimate of drug-likeness (QED) is 0.254. The summed E-state index contributed by atoms with van der Waals surface area (Å²) in [5, 5.41) is 4.01. The minimum absolute atomic E-state index is 0.219. The van der Waals surface area contributed by atoms with Crippen molar-refractivity contribution in [2.75, 3.05) is 4.90 Å². The molecule has 1 aromatic heterocycles. The summed E-state index contributed by atoms with van der Waals surface area (Å²) in [6, 6.07) is 29.3. The zero-order valence-electron chi connectivity index (χ0n) is 23.4. The van der Waals surface area contributed by atoms with Gasteiger partial charge in [-0.1, -0.05) is 72.3 Å². The van der Waals surface area contributed by atoms with E-state index in [0.29, 0.717) is 24.2 Å². The number of benzene rings is 4. The molecule has 5 aromatic rings. The van der Waals surface area contributed by atoms with Crippen LogP contribution < -0.4 is 10.2 Å². The van der Waals surface area contributed by atoms with Gasteiger partial charge in [-0.3, -0.25) is 14.5 Å². The van der Waals surface area contributed by atoms with Crippen LogP contribution in [0.3, 0.4) is 0 Å². The summed E-state index contributed by atoms with van der Waals surface area (Å²) in [5.41, 5.74) is 8.13. The van der Waals surface area contributed by atoms with Crippen LogP contribution >= 0.6 is 0 Å². The molecule has 4 aromatic carbocycles. The molecule has 2 N–H and O–H groups in total. The van der Waals surface area contributed by atoms with Gasteiger partial charge in [0.1, 0.15) is 12.1 Å². The summed E-state index contributed by atoms with van der Waals surface area (Å²) in [6.45, 7) is 4.47. The minimum Gasteiger partial charge on any atom is -0.356 e. The number of carbonyl (C=O) groups is 3. The van der Waals surface area contributed by atoms with E-state index >= 15 is 0 Å². The van der Waals surface area contributed by atoms with E-state index in [-0.39, 0.29) is 17.8 Å². The number of anilines is 1. The predicted molar refractivity (Wildman–Crippen MR) is 162 cm³/mol. The predicted octanol–water partition coefficient (Wildman–Crippen LogP) is 6.20. The van der Waals surface area contributed by atoms with E-state index in [1.165, 1.54) is 4.90 Å². The van der Waals surface area contributed by atoms with Gasteiger partial charge < -0.3 is 10.3 Å². The number of hydrogen-bond acceptors (Lipinski definition) is 3. The largest absolute Gasteiger partial charge is 0.356 e. The van der Waals surface area contributed by atoms with E-state index in [2.05, 4.69) is 16.4 Å². The van der Waals surface area contributed by atoms with Crippen molar-refractivity contribution in [2.45, 2.75) is 38.9 Å². The van der Waals surface area contributed by atoms with Gasteiger partial charge in [0, 0.05) is 35.1 Å². The van der Waals surface area contributed by atoms with Crippen molar-refractivity contribution in [1.82, 2.24) is 15.2 Å². The van der Waals surface area contributed by atoms with E-state index in [1.807, 2.05) is 80.6 Å². The topological polar surface area (TPSA) is 85.5 Å². The molecule has 0 radical (unpaired) electrons. The lowest BCUT2D eigenvalue weighted by molar-refractivity contribution is -0.120. The van der Waals surface area contributed by atoms with Crippen molar-refractivity contribution in [3.63, 3.8) is 0 Å². The summed E-state index contributed by atoms with van der Waals surface area (Å²) in [4.78, 5) is 47.4. The number of nitrogens with zero attached hydrogens (tertiary/aromatic N) is 2. The van der Waals surface area contributed by atoms with Crippen molar-refractivity contribution in [1.29, 1.82) is 0 Å². The molecule has 0 bridgehead atoms. The minimum atomic E-state index is -0.633. The molecule has 1 fully saturated rings. The van der Waals surface area contributed by atoms with Gasteiger partial charge in [-0.05, 0) is 66.4 Å². The summed E-state index contributed by atoms with van der Waals surface area (Å²) in [6.07, 6.45) is 0.433. The molecule has 0 aliphatic carbocycles. The fraction of sp³-hybridized carbons (Fsp3) is 0.171. The van der Waals surface area contributed by atoms with Gasteiger partial charge in [-0.15, -0.1) is 0 Å². The van der Waals surface area contributed by atoms with Gasteiger partial charge in [0.25, 0.3) is 11.8 Å². The van der Waals surface area contributed by atoms with Crippen LogP contribution in [0.15, 0.2) is 97.1 Å². The van der Waals surface area contributed by atoms with Crippen LogP contribution in [0.4, 0.5) is 10.5 Å². The van der Waals surface area contributed by atoms with E-state index in [1.54, 1.807) is 29.2 Å². The zero-order chi connectivity index (χ0) is 29.0. The third kappa shape index (κ3) is 4.16. The van der Waals surface area contributed by atoms with Crippen LogP contribution in [0.5, 0.6) is 0 Å². The number of hydrogen-bond donors (Lipinski definition) is 2. The molecule has 7 nitrogen and oxygen atoms in total. The smallest absolute Gasteiger partial charge is 0.332 e. The lowest BCUT2D eigenvalue weighted by Crippen LogP contribution is -2.44. The summed E-state index contributed by atoms with van der Waals surface area (Å²) >= 11 is 0. The van der Waals surface area contributed by atoms with Gasteiger partial charge in [0.05, 0.1) is 5.69 Å². The van der Waals surface area contributed by atoms with Crippen LogP contribution in [0.25, 0.3) is 10.9 Å². The Hall–Kier alpha value is -5.17. The third-order valence-corrected chi connectivity index (χ3v) is 8.49. The number of nitrogens with one attached hydrogen (secondary N) is 2. The van der Waals surface area contributed by atoms with Crippen molar-refractivity contribution >= 4 is 34.4 Å². The Balaban J connectivity index is 1.19. The number of imide groups is 1. The van der Waals surface area contributed by atoms with Gasteiger partial charge in [0.15, 0.2) is 0 Å². The number of aromatic amines is 1. The monoisotopic (exact) mass is 554 g/mol. The lowest BCUT2D eigenvalue weighted by atomic mass is 9.87. The molecule has 208 valence electrons. The number of carbonyl (C=O) groups excluding carboxylic acids is 3. The lowest BCUT2D eigenvalue weighted by Gasteiger charge is -2.36. The fourth-order valence-electron chi connectivity index (χ4n) is 6.28. The maximum atomic E-state index is 14.1. The fourth-order valence-corrected chi connectivity index (χ4v) is 6.28. The number of rotatable bonds is 5. The first kappa shape index (κ1) is 25.8. The van der Waals surface area contributed by atoms with E-state index < -0.39 is 12.1 Å². The maximum absolute atomic E-state index is 14.1. The molecular formula is C35H30N4O3. The molecule has 7 heteroatoms. The normalized spacial score (nSPS) is 17.9. The average Bonchev–Trinajstić information content (AvgIpc) is 3.50. The highest BCUT2D eigenvalue weighted by molar-refractivity contribution is 6.22. The number of amides is 4. The first-order valence-electron chi connectivity index (χ1n) is 14.2. The van der Waals surface area contributed by atoms with Crippen LogP contribution in [0.2, 0.25) is 0 Å². The number of H-pyrrole nitrogens is 1. The summed E-state index contributed by atoms with van der Waals surface area (Å²) < 4.78 is 0. The second kappa shape index (κ2) is 10.0. The van der Waals surface area contributed by atoms with Crippen LogP contribution in [-0.2, 0) is 17.8 Å². The Morgan fingerprint density at radius 1 is 0.881 bits per heavy atom. The Kier molecular flexibility index (Phi) is 6.16. The maximum Gasteiger partial charge on any atom is 0.332 e. The second-order valence-corrected chi connectivity index (χ2v) is 11.1. The molecule has 42 heavy (non-hydrogen) atoms. The zero-order valence-corrected chi connectivity index (χ0v) is 23.4. The van der Waals surface area contributed by atoms with Crippen LogP contribution in [-0.4, -0.2) is 33.8 Å². The number of fused-ring (bicyclic) bond motifs is 4. The second-order valence-electron chi connectivity index (χ2n) is 11.1. The molecule has 0 spiro atoms. The van der Waals surface area contributed by atoms with Gasteiger partial charge in [0.2, 0.25) is 0 Å². The molecule has 2 aliphatic rings. The van der Waals surface area contributed by atoms with E-state index in [9.17, 15) is 14.4 Å². The van der Waals surface area contributed by atoms with Crippen molar-refractivity contribution in [3.8, 4) is 0 Å². The highest BCUT2D eigenvalue weighted by Gasteiger charge is 2.53. The third-order valence-electron chi connectivity index (χ3n) is 8.49. The number of urea groups is 1. The Labute approximate surface area is 243 Å². The van der Waals surface area contributed by atoms with E-state index in [4.69, 9.17) is 0 Å². The molecule has 3 heterocycles. The molecule has 4 amide bonds. The van der Waals surface area contributed by atoms with E-state index in [0.717, 1.165) is 44.4 Å². The molecule has 7 rings (SSSR count). The molecule has 2 atom stereocenters. The number of aryl methyl sites for hydroxylation is 2. The molecule has 0 saturated carbocycles. The van der Waals surface area contributed by atoms with Crippen molar-refractivity contribution in [2.24, 2.45) is 0 Å². The van der Waals surface area contributed by atoms with Crippen LogP contribution in [0.1, 0.15) is 49.9 Å². The average molecular weight is 555 g/mol. The first-order chi connectivity index (χ1) is 20.4. The van der Waals surface area contributed by atoms with Crippen LogP contribution in [0, 0.1) is 13.8 Å². The standard InChI is InChI=1S/C35H30N4O3/c1-21-11-13-23(14-12-21)20-36-33(40)24-15-17-25(18-16-24)38-34(41)30-19-28-27-9-5-6-10-29(27)37-31(28)32(39(30)35(38)42)26-8-4-3-7-22(26)2/h3-18,30,32,37H,19-20H2,1-2H3,(H,36,40). The number of aromatic nitrogens is 1. The number of para-hydroxylation sites is 1. The molecule has 2 unspecified atom stereocenters. The summed E-state index contributed by atoms with van der Waals surface area (Å²) in [5.74, 6) is -0.477. The van der Waals surface area contributed by atoms with Gasteiger partial charge in [-0.2, -0.15) is 0 Å².